The molecule has 0 amide bonds. The highest BCUT2D eigenvalue weighted by molar-refractivity contribution is 4.77. The lowest BCUT2D eigenvalue weighted by Gasteiger charge is -2.35. The van der Waals surface area contributed by atoms with Gasteiger partial charge in [-0.05, 0) is 25.3 Å². The number of likely N-dealkylation sites (tertiary alicyclic amines) is 1. The molecule has 2 rings (SSSR count). The zero-order valence-electron chi connectivity index (χ0n) is 12.1. The van der Waals surface area contributed by atoms with Crippen molar-refractivity contribution in [2.75, 3.05) is 66.2 Å². The number of piperidine rings is 1. The van der Waals surface area contributed by atoms with Gasteiger partial charge in [0.2, 0.25) is 0 Å². The Morgan fingerprint density at radius 1 is 1.21 bits per heavy atom. The quantitative estimate of drug-likeness (QED) is 0.739. The number of methoxy groups -OCH3 is 1. The Balaban J connectivity index is 1.67. The number of aliphatic hydroxyl groups is 1. The highest BCUT2D eigenvalue weighted by Crippen LogP contribution is 2.16. The molecule has 5 heteroatoms. The van der Waals surface area contributed by atoms with E-state index in [1.807, 2.05) is 0 Å². The largest absolute Gasteiger partial charge is 0.390 e. The highest BCUT2D eigenvalue weighted by Gasteiger charge is 2.23. The zero-order chi connectivity index (χ0) is 13.5. The molecule has 2 aliphatic rings. The van der Waals surface area contributed by atoms with E-state index in [0.717, 1.165) is 59.1 Å². The van der Waals surface area contributed by atoms with Crippen molar-refractivity contribution >= 4 is 0 Å². The maximum atomic E-state index is 10.2. The van der Waals surface area contributed by atoms with Crippen LogP contribution in [0.15, 0.2) is 0 Å². The van der Waals surface area contributed by atoms with Crippen LogP contribution in [-0.4, -0.2) is 87.2 Å². The lowest BCUT2D eigenvalue weighted by Crippen LogP contribution is -2.47. The molecule has 1 N–H and O–H groups in total. The molecule has 2 atom stereocenters. The standard InChI is InChI=1S/C14H28N2O3/c1-18-12-13-3-2-4-16(9-13)11-14(17)10-15-5-7-19-8-6-15/h13-14,17H,2-12H2,1H3. The molecule has 112 valence electrons. The van der Waals surface area contributed by atoms with Gasteiger partial charge >= 0.3 is 0 Å². The van der Waals surface area contributed by atoms with Crippen LogP contribution >= 0.6 is 0 Å². The number of aliphatic hydroxyl groups excluding tert-OH is 1. The first kappa shape index (κ1) is 15.2. The van der Waals surface area contributed by atoms with E-state index in [4.69, 9.17) is 9.47 Å². The van der Waals surface area contributed by atoms with Crippen LogP contribution in [0, 0.1) is 5.92 Å². The van der Waals surface area contributed by atoms with Crippen LogP contribution in [0.2, 0.25) is 0 Å². The van der Waals surface area contributed by atoms with E-state index in [2.05, 4.69) is 9.80 Å². The van der Waals surface area contributed by atoms with Crippen molar-refractivity contribution in [2.45, 2.75) is 18.9 Å². The van der Waals surface area contributed by atoms with Crippen molar-refractivity contribution in [1.82, 2.24) is 9.80 Å². The van der Waals surface area contributed by atoms with Gasteiger partial charge in [-0.1, -0.05) is 0 Å². The molecule has 19 heavy (non-hydrogen) atoms. The maximum absolute atomic E-state index is 10.2. The Hall–Kier alpha value is -0.200. The fourth-order valence-corrected chi connectivity index (χ4v) is 3.13. The molecule has 0 radical (unpaired) electrons. The smallest absolute Gasteiger partial charge is 0.0793 e. The van der Waals surface area contributed by atoms with Gasteiger partial charge in [0.05, 0.1) is 25.9 Å². The van der Waals surface area contributed by atoms with Crippen molar-refractivity contribution in [2.24, 2.45) is 5.92 Å². The van der Waals surface area contributed by atoms with Gasteiger partial charge in [0, 0.05) is 39.8 Å². The van der Waals surface area contributed by atoms with Gasteiger partial charge in [-0.15, -0.1) is 0 Å². The second-order valence-electron chi connectivity index (χ2n) is 5.79. The lowest BCUT2D eigenvalue weighted by atomic mass is 9.98. The first-order valence-corrected chi connectivity index (χ1v) is 7.47. The number of rotatable bonds is 6. The fourth-order valence-electron chi connectivity index (χ4n) is 3.13. The molecule has 2 fully saturated rings. The SMILES string of the molecule is COCC1CCCN(CC(O)CN2CCOCC2)C1. The fraction of sp³-hybridized carbons (Fsp3) is 1.00. The Morgan fingerprint density at radius 3 is 2.68 bits per heavy atom. The number of hydrogen-bond acceptors (Lipinski definition) is 5. The molecule has 0 aromatic rings. The van der Waals surface area contributed by atoms with Crippen LogP contribution in [-0.2, 0) is 9.47 Å². The zero-order valence-corrected chi connectivity index (χ0v) is 12.1. The molecule has 0 bridgehead atoms. The third-order valence-corrected chi connectivity index (χ3v) is 4.05. The van der Waals surface area contributed by atoms with Crippen molar-refractivity contribution in [3.63, 3.8) is 0 Å². The summed E-state index contributed by atoms with van der Waals surface area (Å²) in [6.07, 6.45) is 2.22. The Morgan fingerprint density at radius 2 is 1.95 bits per heavy atom. The minimum absolute atomic E-state index is 0.251. The average molecular weight is 272 g/mol. The molecule has 0 aliphatic carbocycles. The van der Waals surface area contributed by atoms with Crippen molar-refractivity contribution < 1.29 is 14.6 Å². The highest BCUT2D eigenvalue weighted by atomic mass is 16.5. The summed E-state index contributed by atoms with van der Waals surface area (Å²) in [5, 5.41) is 10.2. The van der Waals surface area contributed by atoms with E-state index in [1.165, 1.54) is 12.8 Å². The molecular formula is C14H28N2O3. The first-order chi connectivity index (χ1) is 9.28. The van der Waals surface area contributed by atoms with Crippen molar-refractivity contribution in [3.05, 3.63) is 0 Å². The van der Waals surface area contributed by atoms with Crippen molar-refractivity contribution in [1.29, 1.82) is 0 Å². The number of hydrogen-bond donors (Lipinski definition) is 1. The van der Waals surface area contributed by atoms with Gasteiger partial charge in [0.15, 0.2) is 0 Å². The van der Waals surface area contributed by atoms with Gasteiger partial charge in [-0.2, -0.15) is 0 Å². The first-order valence-electron chi connectivity index (χ1n) is 7.47. The summed E-state index contributed by atoms with van der Waals surface area (Å²) in [4.78, 5) is 4.68. The van der Waals surface area contributed by atoms with E-state index >= 15 is 0 Å². The van der Waals surface area contributed by atoms with Crippen LogP contribution in [0.3, 0.4) is 0 Å². The molecule has 2 unspecified atom stereocenters. The van der Waals surface area contributed by atoms with Crippen molar-refractivity contribution in [3.8, 4) is 0 Å². The van der Waals surface area contributed by atoms with Crippen LogP contribution in [0.1, 0.15) is 12.8 Å². The molecule has 0 aromatic carbocycles. The third kappa shape index (κ3) is 5.36. The van der Waals surface area contributed by atoms with Gasteiger partial charge < -0.3 is 19.5 Å². The monoisotopic (exact) mass is 272 g/mol. The summed E-state index contributed by atoms with van der Waals surface area (Å²) in [5.41, 5.74) is 0. The second-order valence-corrected chi connectivity index (χ2v) is 5.79. The van der Waals surface area contributed by atoms with Crippen LogP contribution in [0.5, 0.6) is 0 Å². The summed E-state index contributed by atoms with van der Waals surface area (Å²) in [5.74, 6) is 0.634. The Kier molecular flexibility index (Phi) is 6.53. The predicted octanol–water partition coefficient (Wildman–Crippen LogP) is 0.0379. The molecule has 2 saturated heterocycles. The van der Waals surface area contributed by atoms with E-state index < -0.39 is 0 Å². The van der Waals surface area contributed by atoms with Gasteiger partial charge in [0.1, 0.15) is 0 Å². The maximum Gasteiger partial charge on any atom is 0.0793 e. The van der Waals surface area contributed by atoms with Gasteiger partial charge in [-0.3, -0.25) is 4.90 Å². The summed E-state index contributed by atoms with van der Waals surface area (Å²) >= 11 is 0. The normalized spacial score (nSPS) is 28.4. The minimum atomic E-state index is -0.251. The van der Waals surface area contributed by atoms with Crippen LogP contribution < -0.4 is 0 Å². The topological polar surface area (TPSA) is 45.2 Å². The van der Waals surface area contributed by atoms with Gasteiger partial charge in [-0.25, -0.2) is 0 Å². The summed E-state index contributed by atoms with van der Waals surface area (Å²) in [6, 6.07) is 0. The lowest BCUT2D eigenvalue weighted by molar-refractivity contribution is 0.000683. The van der Waals surface area contributed by atoms with Crippen LogP contribution in [0.25, 0.3) is 0 Å². The Bertz CT molecular complexity index is 245. The molecule has 5 nitrogen and oxygen atoms in total. The minimum Gasteiger partial charge on any atom is -0.390 e. The molecular weight excluding hydrogens is 244 g/mol. The average Bonchev–Trinajstić information content (AvgIpc) is 2.40. The van der Waals surface area contributed by atoms with Gasteiger partial charge in [0.25, 0.3) is 0 Å². The Labute approximate surface area is 116 Å². The predicted molar refractivity (Wildman–Crippen MR) is 74.3 cm³/mol. The molecule has 0 spiro atoms. The second kappa shape index (κ2) is 8.17. The summed E-state index contributed by atoms with van der Waals surface area (Å²) in [6.45, 7) is 8.07. The number of ether oxygens (including phenoxy) is 2. The molecule has 0 aromatic heterocycles. The van der Waals surface area contributed by atoms with E-state index in [0.29, 0.717) is 5.92 Å². The van der Waals surface area contributed by atoms with E-state index in [-0.39, 0.29) is 6.10 Å². The van der Waals surface area contributed by atoms with E-state index in [9.17, 15) is 5.11 Å². The molecule has 2 aliphatic heterocycles. The molecule has 0 saturated carbocycles. The summed E-state index contributed by atoms with van der Waals surface area (Å²) < 4.78 is 10.6. The number of β-amino-alcohol motifs (C(OH)–C–C–N with tert-alkyl or cyclic N) is 1. The van der Waals surface area contributed by atoms with E-state index in [1.54, 1.807) is 7.11 Å². The third-order valence-electron chi connectivity index (χ3n) is 4.05. The van der Waals surface area contributed by atoms with Crippen LogP contribution in [0.4, 0.5) is 0 Å². The molecule has 2 heterocycles. The number of nitrogens with zero attached hydrogens (tertiary/aromatic N) is 2. The summed E-state index contributed by atoms with van der Waals surface area (Å²) in [7, 11) is 1.77. The number of morpholine rings is 1.